The lowest BCUT2D eigenvalue weighted by Gasteiger charge is -2.62. The van der Waals surface area contributed by atoms with Crippen LogP contribution in [0, 0.1) is 52.8 Å². The van der Waals surface area contributed by atoms with Crippen molar-refractivity contribution in [3.63, 3.8) is 0 Å². The number of aliphatic carboxylic acids is 1. The maximum atomic E-state index is 14.1. The smallest absolute Gasteiger partial charge is 0.307 e. The van der Waals surface area contributed by atoms with Gasteiger partial charge in [0.25, 0.3) is 0 Å². The van der Waals surface area contributed by atoms with E-state index >= 15 is 0 Å². The van der Waals surface area contributed by atoms with Crippen molar-refractivity contribution in [2.24, 2.45) is 64.2 Å². The number of hydrogen-bond acceptors (Lipinski definition) is 10. The molecule has 1 aliphatic heterocycles. The normalized spacial score (nSPS) is 36.9. The first-order chi connectivity index (χ1) is 22.5. The van der Waals surface area contributed by atoms with Crippen LogP contribution in [0.5, 0.6) is 0 Å². The van der Waals surface area contributed by atoms with E-state index in [1.807, 2.05) is 11.5 Å². The summed E-state index contributed by atoms with van der Waals surface area (Å²) in [6.45, 7) is 7.60. The zero-order valence-electron chi connectivity index (χ0n) is 28.1. The van der Waals surface area contributed by atoms with Crippen molar-refractivity contribution in [2.45, 2.75) is 103 Å². The van der Waals surface area contributed by atoms with Crippen molar-refractivity contribution in [2.75, 3.05) is 19.8 Å². The van der Waals surface area contributed by atoms with E-state index in [1.54, 1.807) is 11.3 Å². The van der Waals surface area contributed by atoms with Crippen molar-refractivity contribution in [1.29, 1.82) is 0 Å². The summed E-state index contributed by atoms with van der Waals surface area (Å²) in [6, 6.07) is -0.131. The standard InChI is InChI=1S/C36H53N3O7S/c1-19(2)12-21-7-8-24-23-9-10-26-25-16-44-18-36(26,27(23)13-29(41)32(24)31(21)35(42)43)14-30(46-20(3)40)33(25)45-15-22-17-47-34(39-22)28(38)6-4-5-11-37/h13,17,19,21,23-26,28,30-33H,4-12,14-16,18,37-38H2,1-3H3,(H,42,43)/t21?,23?,24?,25?,26?,28-,30+,31?,32?,33+,36+/m0/s1. The monoisotopic (exact) mass is 671 g/mol. The van der Waals surface area contributed by atoms with Gasteiger partial charge in [0.1, 0.15) is 17.2 Å². The number of fused-ring (bicyclic) bond motifs is 3. The number of ketones is 1. The predicted octanol–water partition coefficient (Wildman–Crippen LogP) is 5.05. The van der Waals surface area contributed by atoms with Crippen molar-refractivity contribution in [3.05, 3.63) is 27.7 Å². The largest absolute Gasteiger partial charge is 0.481 e. The fourth-order valence-corrected chi connectivity index (χ4v) is 11.2. The fraction of sp³-hybridized carbons (Fsp3) is 0.778. The summed E-state index contributed by atoms with van der Waals surface area (Å²) in [7, 11) is 0. The number of unbranched alkanes of at least 4 members (excludes halogenated alkanes) is 1. The van der Waals surface area contributed by atoms with Gasteiger partial charge in [-0.1, -0.05) is 25.8 Å². The molecule has 0 aromatic carbocycles. The van der Waals surface area contributed by atoms with Crippen LogP contribution in [0.4, 0.5) is 0 Å². The highest BCUT2D eigenvalue weighted by atomic mass is 32.1. The molecule has 3 saturated carbocycles. The van der Waals surface area contributed by atoms with Crippen molar-refractivity contribution in [1.82, 2.24) is 4.98 Å². The van der Waals surface area contributed by atoms with Gasteiger partial charge in [-0.25, -0.2) is 4.98 Å². The van der Waals surface area contributed by atoms with E-state index in [4.69, 9.17) is 30.7 Å². The van der Waals surface area contributed by atoms with E-state index in [-0.39, 0.29) is 60.1 Å². The van der Waals surface area contributed by atoms with E-state index in [0.29, 0.717) is 32.1 Å². The highest BCUT2D eigenvalue weighted by Gasteiger charge is 2.64. The zero-order chi connectivity index (χ0) is 33.5. The Kier molecular flexibility index (Phi) is 10.6. The number of nitrogens with zero attached hydrogens (tertiary/aromatic N) is 1. The van der Waals surface area contributed by atoms with Gasteiger partial charge in [-0.15, -0.1) is 11.3 Å². The third-order valence-corrected chi connectivity index (χ3v) is 13.1. The van der Waals surface area contributed by atoms with Crippen LogP contribution in [-0.4, -0.2) is 59.8 Å². The minimum atomic E-state index is -0.836. The maximum Gasteiger partial charge on any atom is 0.307 e. The van der Waals surface area contributed by atoms with Gasteiger partial charge >= 0.3 is 11.9 Å². The van der Waals surface area contributed by atoms with Crippen LogP contribution in [0.25, 0.3) is 0 Å². The number of rotatable bonds is 12. The van der Waals surface area contributed by atoms with Gasteiger partial charge in [-0.3, -0.25) is 14.4 Å². The second-order valence-corrected chi connectivity index (χ2v) is 16.2. The molecule has 4 aliphatic carbocycles. The van der Waals surface area contributed by atoms with Crippen LogP contribution >= 0.6 is 11.3 Å². The van der Waals surface area contributed by atoms with Crippen LogP contribution in [0.3, 0.4) is 0 Å². The molecule has 0 radical (unpaired) electrons. The van der Waals surface area contributed by atoms with Gasteiger partial charge in [0, 0.05) is 29.6 Å². The van der Waals surface area contributed by atoms with Gasteiger partial charge in [0.15, 0.2) is 5.78 Å². The number of esters is 1. The van der Waals surface area contributed by atoms with Crippen LogP contribution in [0.2, 0.25) is 0 Å². The highest BCUT2D eigenvalue weighted by Crippen LogP contribution is 2.64. The first-order valence-electron chi connectivity index (χ1n) is 17.8. The minimum absolute atomic E-state index is 0.0123. The minimum Gasteiger partial charge on any atom is -0.481 e. The van der Waals surface area contributed by atoms with Gasteiger partial charge in [0.05, 0.1) is 37.5 Å². The topological polar surface area (TPSA) is 164 Å². The molecule has 6 rings (SSSR count). The molecule has 4 fully saturated rings. The van der Waals surface area contributed by atoms with Gasteiger partial charge in [0.2, 0.25) is 0 Å². The molecule has 11 heteroatoms. The molecular formula is C36H53N3O7S. The molecule has 5 N–H and O–H groups in total. The maximum absolute atomic E-state index is 14.1. The average Bonchev–Trinajstić information content (AvgIpc) is 3.49. The number of hydrogen-bond donors (Lipinski definition) is 3. The number of thiazole rings is 1. The molecule has 0 spiro atoms. The Morgan fingerprint density at radius 3 is 2.72 bits per heavy atom. The molecule has 1 aromatic rings. The van der Waals surface area contributed by atoms with Gasteiger partial charge in [-0.2, -0.15) is 0 Å². The number of carboxylic acid groups (broad SMARTS) is 1. The average molecular weight is 672 g/mol. The van der Waals surface area contributed by atoms with Crippen molar-refractivity contribution in [3.8, 4) is 0 Å². The molecule has 1 saturated heterocycles. The number of aromatic nitrogens is 1. The molecule has 1 aromatic heterocycles. The van der Waals surface area contributed by atoms with E-state index < -0.39 is 29.3 Å². The summed E-state index contributed by atoms with van der Waals surface area (Å²) < 4.78 is 19.0. The van der Waals surface area contributed by atoms with Crippen LogP contribution in [0.1, 0.15) is 95.3 Å². The van der Waals surface area contributed by atoms with Crippen LogP contribution in [0.15, 0.2) is 17.0 Å². The molecule has 2 bridgehead atoms. The third-order valence-electron chi connectivity index (χ3n) is 12.0. The summed E-state index contributed by atoms with van der Waals surface area (Å²) in [5, 5.41) is 13.3. The lowest BCUT2D eigenvalue weighted by molar-refractivity contribution is -0.227. The Morgan fingerprint density at radius 2 is 2.00 bits per heavy atom. The van der Waals surface area contributed by atoms with E-state index in [2.05, 4.69) is 13.8 Å². The quantitative estimate of drug-likeness (QED) is 0.202. The van der Waals surface area contributed by atoms with Crippen LogP contribution < -0.4 is 11.5 Å². The van der Waals surface area contributed by atoms with Gasteiger partial charge < -0.3 is 30.8 Å². The summed E-state index contributed by atoms with van der Waals surface area (Å²) in [5.41, 5.74) is 13.5. The lowest BCUT2D eigenvalue weighted by Crippen LogP contribution is -2.64. The first kappa shape index (κ1) is 34.7. The second kappa shape index (κ2) is 14.4. The molecule has 10 nitrogen and oxygen atoms in total. The van der Waals surface area contributed by atoms with Gasteiger partial charge in [-0.05, 0) is 93.6 Å². The van der Waals surface area contributed by atoms with Crippen LogP contribution in [-0.2, 0) is 35.2 Å². The molecule has 2 heterocycles. The van der Waals surface area contributed by atoms with E-state index in [1.165, 1.54) is 6.92 Å². The Bertz CT molecular complexity index is 1350. The Labute approximate surface area is 282 Å². The van der Waals surface area contributed by atoms with Crippen molar-refractivity contribution >= 4 is 29.1 Å². The van der Waals surface area contributed by atoms with Crippen molar-refractivity contribution < 1.29 is 33.7 Å². The lowest BCUT2D eigenvalue weighted by atomic mass is 9.45. The summed E-state index contributed by atoms with van der Waals surface area (Å²) in [5.74, 6) is -1.59. The summed E-state index contributed by atoms with van der Waals surface area (Å²) in [4.78, 5) is 44.0. The number of carbonyl (C=O) groups excluding carboxylic acids is 2. The summed E-state index contributed by atoms with van der Waals surface area (Å²) >= 11 is 1.54. The second-order valence-electron chi connectivity index (χ2n) is 15.3. The number of allylic oxidation sites excluding steroid dienone is 1. The molecule has 47 heavy (non-hydrogen) atoms. The zero-order valence-corrected chi connectivity index (χ0v) is 28.9. The molecule has 7 unspecified atom stereocenters. The third kappa shape index (κ3) is 6.72. The highest BCUT2D eigenvalue weighted by molar-refractivity contribution is 7.09. The van der Waals surface area contributed by atoms with E-state index in [0.717, 1.165) is 67.6 Å². The first-order valence-corrected chi connectivity index (χ1v) is 18.7. The summed E-state index contributed by atoms with van der Waals surface area (Å²) in [6.07, 6.45) is 8.63. The molecule has 11 atom stereocenters. The Hall–Kier alpha value is -2.18. The van der Waals surface area contributed by atoms with E-state index in [9.17, 15) is 19.5 Å². The number of carbonyl (C=O) groups is 3. The Balaban J connectivity index is 1.24. The molecule has 0 amide bonds. The fourth-order valence-electron chi connectivity index (χ4n) is 10.3. The molecular weight excluding hydrogens is 618 g/mol. The molecule has 260 valence electrons. The molecule has 5 aliphatic rings. The number of ether oxygens (including phenoxy) is 3. The predicted molar refractivity (Wildman–Crippen MR) is 177 cm³/mol. The SMILES string of the molecule is CC(=O)O[C@@H]1C[C@@]23COCC(C2CCC2C3=CC(=O)C3C2CCC(CC(C)C)C3C(=O)O)[C@H]1OCc1csc([C@@H](N)CCCCN)n1. The number of nitrogens with two attached hydrogens (primary N) is 2. The number of carboxylic acids is 1. The Morgan fingerprint density at radius 1 is 1.19 bits per heavy atom.